The van der Waals surface area contributed by atoms with Crippen molar-refractivity contribution in [2.45, 2.75) is 32.6 Å². The number of carboxylic acids is 1. The van der Waals surface area contributed by atoms with Crippen LogP contribution in [0.1, 0.15) is 38.3 Å². The van der Waals surface area contributed by atoms with Gasteiger partial charge in [0.1, 0.15) is 0 Å². The van der Waals surface area contributed by atoms with E-state index in [1.807, 2.05) is 0 Å². The molecule has 2 atom stereocenters. The van der Waals surface area contributed by atoms with Gasteiger partial charge in [-0.1, -0.05) is 19.9 Å². The molecule has 0 aliphatic heterocycles. The summed E-state index contributed by atoms with van der Waals surface area (Å²) in [6, 6.07) is 0. The van der Waals surface area contributed by atoms with Crippen LogP contribution in [0.4, 0.5) is 5.13 Å². The molecule has 19 heavy (non-hydrogen) atoms. The predicted octanol–water partition coefficient (Wildman–Crippen LogP) is 3.35. The Kier molecular flexibility index (Phi) is 3.94. The van der Waals surface area contributed by atoms with Crippen molar-refractivity contribution in [3.8, 4) is 0 Å². The molecular weight excluding hydrogens is 260 g/mol. The molecule has 104 valence electrons. The Balaban J connectivity index is 2.02. The highest BCUT2D eigenvalue weighted by atomic mass is 32.1. The van der Waals surface area contributed by atoms with Crippen molar-refractivity contribution in [3.63, 3.8) is 0 Å². The number of anilines is 1. The summed E-state index contributed by atoms with van der Waals surface area (Å²) in [6.45, 7) is 8.66. The molecule has 1 saturated carbocycles. The Morgan fingerprint density at radius 3 is 3.05 bits per heavy atom. The Morgan fingerprint density at radius 2 is 2.47 bits per heavy atom. The molecule has 0 amide bonds. The van der Waals surface area contributed by atoms with E-state index in [1.165, 1.54) is 0 Å². The van der Waals surface area contributed by atoms with Gasteiger partial charge in [0, 0.05) is 24.3 Å². The van der Waals surface area contributed by atoms with Gasteiger partial charge in [0.25, 0.3) is 0 Å². The molecule has 1 aliphatic carbocycles. The van der Waals surface area contributed by atoms with Crippen LogP contribution in [-0.2, 0) is 4.79 Å². The number of thiazole rings is 1. The highest BCUT2D eigenvalue weighted by molar-refractivity contribution is 7.13. The van der Waals surface area contributed by atoms with Crippen LogP contribution in [0, 0.1) is 11.3 Å². The van der Waals surface area contributed by atoms with Gasteiger partial charge in [-0.25, -0.2) is 4.98 Å². The van der Waals surface area contributed by atoms with Crippen LogP contribution in [0.15, 0.2) is 18.0 Å². The van der Waals surface area contributed by atoms with Crippen LogP contribution >= 0.6 is 11.3 Å². The lowest BCUT2D eigenvalue weighted by molar-refractivity contribution is -0.141. The van der Waals surface area contributed by atoms with Gasteiger partial charge in [-0.2, -0.15) is 0 Å². The second-order valence-corrected chi connectivity index (χ2v) is 6.51. The number of hydrogen-bond donors (Lipinski definition) is 2. The molecule has 1 heterocycles. The lowest BCUT2D eigenvalue weighted by Crippen LogP contribution is -2.44. The van der Waals surface area contributed by atoms with Crippen molar-refractivity contribution in [2.75, 3.05) is 11.9 Å². The third-order valence-electron chi connectivity index (χ3n) is 4.17. The first-order valence-corrected chi connectivity index (χ1v) is 7.35. The molecule has 4 nitrogen and oxygen atoms in total. The monoisotopic (exact) mass is 280 g/mol. The molecule has 1 aromatic rings. The Bertz CT molecular complexity index is 482. The molecule has 0 aromatic carbocycles. The van der Waals surface area contributed by atoms with Crippen molar-refractivity contribution < 1.29 is 9.90 Å². The fourth-order valence-electron chi connectivity index (χ4n) is 2.76. The van der Waals surface area contributed by atoms with E-state index in [0.717, 1.165) is 17.2 Å². The van der Waals surface area contributed by atoms with Crippen LogP contribution in [0.25, 0.3) is 0 Å². The highest BCUT2D eigenvalue weighted by Crippen LogP contribution is 2.58. The summed E-state index contributed by atoms with van der Waals surface area (Å²) < 4.78 is 0. The number of carbonyl (C=O) groups is 1. The zero-order valence-electron chi connectivity index (χ0n) is 11.3. The Labute approximate surface area is 117 Å². The minimum atomic E-state index is -0.705. The van der Waals surface area contributed by atoms with Gasteiger partial charge in [0.15, 0.2) is 5.13 Å². The average molecular weight is 280 g/mol. The molecule has 2 N–H and O–H groups in total. The Morgan fingerprint density at radius 1 is 1.74 bits per heavy atom. The van der Waals surface area contributed by atoms with Crippen molar-refractivity contribution in [1.82, 2.24) is 4.98 Å². The van der Waals surface area contributed by atoms with E-state index in [4.69, 9.17) is 5.11 Å². The lowest BCUT2D eigenvalue weighted by atomic mass is 9.53. The maximum absolute atomic E-state index is 10.8. The molecule has 5 heteroatoms. The number of nitrogens with one attached hydrogen (secondary N) is 1. The number of aromatic nitrogens is 1. The maximum Gasteiger partial charge on any atom is 0.303 e. The van der Waals surface area contributed by atoms with Gasteiger partial charge in [-0.3, -0.25) is 4.79 Å². The molecule has 0 spiro atoms. The third-order valence-corrected chi connectivity index (χ3v) is 4.99. The molecule has 1 aromatic heterocycles. The summed E-state index contributed by atoms with van der Waals surface area (Å²) in [4.78, 5) is 15.4. The fourth-order valence-corrected chi connectivity index (χ4v) is 3.54. The van der Waals surface area contributed by atoms with E-state index in [9.17, 15) is 4.79 Å². The van der Waals surface area contributed by atoms with Crippen LogP contribution < -0.4 is 5.32 Å². The molecular formula is C14H20N2O2S. The van der Waals surface area contributed by atoms with Crippen molar-refractivity contribution in [2.24, 2.45) is 11.3 Å². The first-order valence-electron chi connectivity index (χ1n) is 6.47. The third kappa shape index (κ3) is 2.81. The van der Waals surface area contributed by atoms with E-state index < -0.39 is 5.97 Å². The molecule has 1 aliphatic rings. The summed E-state index contributed by atoms with van der Waals surface area (Å²) in [5.41, 5.74) is 1.10. The summed E-state index contributed by atoms with van der Waals surface area (Å²) >= 11 is 1.60. The van der Waals surface area contributed by atoms with E-state index in [0.29, 0.717) is 12.5 Å². The van der Waals surface area contributed by atoms with Gasteiger partial charge >= 0.3 is 5.97 Å². The molecule has 0 bridgehead atoms. The number of aliphatic carboxylic acids is 1. The molecule has 0 saturated heterocycles. The van der Waals surface area contributed by atoms with E-state index >= 15 is 0 Å². The second kappa shape index (κ2) is 5.33. The van der Waals surface area contributed by atoms with Crippen LogP contribution in [0.2, 0.25) is 0 Å². The quantitative estimate of drug-likeness (QED) is 0.784. The van der Waals surface area contributed by atoms with Crippen molar-refractivity contribution in [3.05, 3.63) is 23.7 Å². The molecule has 1 fully saturated rings. The molecule has 0 radical (unpaired) electrons. The second-order valence-electron chi connectivity index (χ2n) is 5.65. The van der Waals surface area contributed by atoms with Crippen molar-refractivity contribution in [1.29, 1.82) is 0 Å². The average Bonchev–Trinajstić information content (AvgIpc) is 2.79. The highest BCUT2D eigenvalue weighted by Gasteiger charge is 2.50. The fraction of sp³-hybridized carbons (Fsp3) is 0.571. The minimum Gasteiger partial charge on any atom is -0.481 e. The smallest absolute Gasteiger partial charge is 0.303 e. The number of hydrogen-bond acceptors (Lipinski definition) is 4. The van der Waals surface area contributed by atoms with Gasteiger partial charge in [-0.15, -0.1) is 17.9 Å². The first-order chi connectivity index (χ1) is 8.95. The maximum atomic E-state index is 10.8. The largest absolute Gasteiger partial charge is 0.481 e. The zero-order valence-corrected chi connectivity index (χ0v) is 12.2. The van der Waals surface area contributed by atoms with Gasteiger partial charge < -0.3 is 10.4 Å². The van der Waals surface area contributed by atoms with Crippen LogP contribution in [0.5, 0.6) is 0 Å². The molecule has 2 rings (SSSR count). The number of nitrogens with zero attached hydrogens (tertiary/aromatic N) is 1. The van der Waals surface area contributed by atoms with Gasteiger partial charge in [0.2, 0.25) is 0 Å². The number of rotatable bonds is 6. The van der Waals surface area contributed by atoms with Gasteiger partial charge in [-0.05, 0) is 17.8 Å². The standard InChI is InChI=1S/C14H20N2O2S/c1-4-5-15-13-16-11(8-19-13)10-6-9(7-12(17)18)14(10,2)3/h4,8-10H,1,5-7H2,2-3H3,(H,15,16)(H,17,18). The van der Waals surface area contributed by atoms with E-state index in [-0.39, 0.29) is 17.8 Å². The van der Waals surface area contributed by atoms with Crippen molar-refractivity contribution >= 4 is 22.4 Å². The predicted molar refractivity (Wildman–Crippen MR) is 77.7 cm³/mol. The number of carboxylic acid groups (broad SMARTS) is 1. The Hall–Kier alpha value is -1.36. The van der Waals surface area contributed by atoms with Crippen LogP contribution in [-0.4, -0.2) is 22.6 Å². The lowest BCUT2D eigenvalue weighted by Gasteiger charge is -2.51. The summed E-state index contributed by atoms with van der Waals surface area (Å²) in [6.07, 6.45) is 2.98. The normalized spacial score (nSPS) is 24.5. The SMILES string of the molecule is C=CCNc1nc(C2CC(CC(=O)O)C2(C)C)cs1. The van der Waals surface area contributed by atoms with Crippen LogP contribution in [0.3, 0.4) is 0 Å². The zero-order chi connectivity index (χ0) is 14.0. The minimum absolute atomic E-state index is 0.0160. The van der Waals surface area contributed by atoms with Gasteiger partial charge in [0.05, 0.1) is 5.69 Å². The summed E-state index contributed by atoms with van der Waals surface area (Å²) in [7, 11) is 0. The molecule has 2 unspecified atom stereocenters. The summed E-state index contributed by atoms with van der Waals surface area (Å²) in [5, 5.41) is 15.1. The summed E-state index contributed by atoms with van der Waals surface area (Å²) in [5.74, 6) is -0.0863. The topological polar surface area (TPSA) is 62.2 Å². The van der Waals surface area contributed by atoms with E-state index in [2.05, 4.69) is 36.1 Å². The van der Waals surface area contributed by atoms with E-state index in [1.54, 1.807) is 17.4 Å². The first kappa shape index (κ1) is 14.1.